The van der Waals surface area contributed by atoms with Crippen molar-refractivity contribution in [1.29, 1.82) is 0 Å². The quantitative estimate of drug-likeness (QED) is 0.305. The van der Waals surface area contributed by atoms with E-state index >= 15 is 0 Å². The maximum absolute atomic E-state index is 11.6. The van der Waals surface area contributed by atoms with E-state index in [-0.39, 0.29) is 17.0 Å². The molecule has 1 heterocycles. The van der Waals surface area contributed by atoms with Crippen LogP contribution in [-0.2, 0) is 15.2 Å². The van der Waals surface area contributed by atoms with E-state index in [1.807, 2.05) is 49.0 Å². The van der Waals surface area contributed by atoms with Crippen molar-refractivity contribution in [2.45, 2.75) is 55.6 Å². The summed E-state index contributed by atoms with van der Waals surface area (Å²) in [5, 5.41) is 50.8. The van der Waals surface area contributed by atoms with Crippen LogP contribution in [-0.4, -0.2) is 56.0 Å². The summed E-state index contributed by atoms with van der Waals surface area (Å²) in [6, 6.07) is 16.6. The predicted molar refractivity (Wildman–Crippen MR) is 127 cm³/mol. The van der Waals surface area contributed by atoms with E-state index in [0.29, 0.717) is 6.42 Å². The number of aliphatic carboxylic acids is 2. The highest BCUT2D eigenvalue weighted by molar-refractivity contribution is 8.00. The van der Waals surface area contributed by atoms with Gasteiger partial charge in [0.05, 0.1) is 18.9 Å². The fourth-order valence-corrected chi connectivity index (χ4v) is 5.45. The maximum Gasteiger partial charge on any atom is 0.309 e. The number of thioether (sulfide) groups is 1. The SMILES string of the molecule is CC([NH2+]CCC(O)(c1ccccc1)C1CCCS1)C(O)c1ccc(O)cc1.O=C([O-])CC(=O)O. The number of hydrogen-bond acceptors (Lipinski definition) is 7. The van der Waals surface area contributed by atoms with Crippen LogP contribution < -0.4 is 10.4 Å². The zero-order valence-electron chi connectivity index (χ0n) is 19.2. The summed E-state index contributed by atoms with van der Waals surface area (Å²) >= 11 is 1.87. The Bertz CT molecular complexity index is 891. The van der Waals surface area contributed by atoms with E-state index in [1.54, 1.807) is 24.3 Å². The predicted octanol–water partition coefficient (Wildman–Crippen LogP) is 0.762. The molecule has 1 aliphatic rings. The van der Waals surface area contributed by atoms with Crippen molar-refractivity contribution in [3.8, 4) is 5.75 Å². The second-order valence-corrected chi connectivity index (χ2v) is 9.71. The van der Waals surface area contributed by atoms with Crippen LogP contribution in [0.5, 0.6) is 5.75 Å². The normalized spacial score (nSPS) is 18.7. The second kappa shape index (κ2) is 13.3. The number of hydrogen-bond donors (Lipinski definition) is 5. The summed E-state index contributed by atoms with van der Waals surface area (Å²) in [6.45, 7) is 2.72. The standard InChI is InChI=1S/C22H29NO3S.C3H4O4/c1-16(21(25)17-9-11-19(24)12-10-17)23-14-13-22(26,20-8-5-15-27-20)18-6-3-2-4-7-18;4-2(5)1-3(6)7/h2-4,6-7,9-12,16,20-21,23-26H,5,8,13-15H2,1H3;1H2,(H,4,5)(H,6,7). The number of phenolic OH excluding ortho intramolecular Hbond substituents is 1. The molecule has 3 rings (SSSR count). The minimum absolute atomic E-state index is 0.0363. The fourth-order valence-electron chi connectivity index (χ4n) is 3.97. The summed E-state index contributed by atoms with van der Waals surface area (Å²) in [4.78, 5) is 18.7. The Kier molecular flexibility index (Phi) is 10.8. The first-order chi connectivity index (χ1) is 16.1. The molecular formula is C25H33NO7S. The number of aromatic hydroxyl groups is 1. The molecule has 0 spiro atoms. The average molecular weight is 492 g/mol. The van der Waals surface area contributed by atoms with Gasteiger partial charge in [-0.15, -0.1) is 0 Å². The molecule has 1 saturated heterocycles. The molecule has 2 aromatic carbocycles. The molecule has 0 aliphatic carbocycles. The summed E-state index contributed by atoms with van der Waals surface area (Å²) < 4.78 is 0. The van der Waals surface area contributed by atoms with Gasteiger partial charge in [-0.1, -0.05) is 42.5 Å². The molecule has 2 aromatic rings. The minimum Gasteiger partial charge on any atom is -0.550 e. The van der Waals surface area contributed by atoms with E-state index < -0.39 is 30.1 Å². The van der Waals surface area contributed by atoms with Crippen LogP contribution in [0.1, 0.15) is 49.8 Å². The van der Waals surface area contributed by atoms with Crippen LogP contribution in [0.3, 0.4) is 0 Å². The van der Waals surface area contributed by atoms with Crippen LogP contribution >= 0.6 is 11.8 Å². The highest BCUT2D eigenvalue weighted by atomic mass is 32.2. The third kappa shape index (κ3) is 8.32. The number of aliphatic hydroxyl groups excluding tert-OH is 1. The van der Waals surface area contributed by atoms with Crippen molar-refractivity contribution in [3.63, 3.8) is 0 Å². The topological polar surface area (TPSA) is 155 Å². The number of rotatable bonds is 10. The van der Waals surface area contributed by atoms with E-state index in [2.05, 4.69) is 5.32 Å². The molecule has 0 bridgehead atoms. The van der Waals surface area contributed by atoms with Gasteiger partial charge in [-0.05, 0) is 48.8 Å². The van der Waals surface area contributed by atoms with Gasteiger partial charge in [0.2, 0.25) is 0 Å². The van der Waals surface area contributed by atoms with Gasteiger partial charge in [-0.2, -0.15) is 11.8 Å². The van der Waals surface area contributed by atoms with Crippen molar-refractivity contribution < 1.29 is 40.4 Å². The second-order valence-electron chi connectivity index (χ2n) is 8.40. The zero-order chi connectivity index (χ0) is 25.1. The molecule has 4 unspecified atom stereocenters. The zero-order valence-corrected chi connectivity index (χ0v) is 20.0. The Morgan fingerprint density at radius 1 is 1.18 bits per heavy atom. The average Bonchev–Trinajstić information content (AvgIpc) is 3.35. The van der Waals surface area contributed by atoms with E-state index in [9.17, 15) is 30.0 Å². The van der Waals surface area contributed by atoms with Crippen LogP contribution in [0.25, 0.3) is 0 Å². The van der Waals surface area contributed by atoms with Gasteiger partial charge in [-0.3, -0.25) is 4.79 Å². The number of phenols is 1. The molecule has 6 N–H and O–H groups in total. The summed E-state index contributed by atoms with van der Waals surface area (Å²) in [5.74, 6) is -1.63. The van der Waals surface area contributed by atoms with Gasteiger partial charge in [0.25, 0.3) is 0 Å². The molecular weight excluding hydrogens is 458 g/mol. The van der Waals surface area contributed by atoms with Crippen molar-refractivity contribution in [2.75, 3.05) is 12.3 Å². The third-order valence-corrected chi connectivity index (χ3v) is 7.38. The number of carboxylic acid groups (broad SMARTS) is 2. The lowest BCUT2D eigenvalue weighted by Crippen LogP contribution is -2.91. The van der Waals surface area contributed by atoms with Crippen molar-refractivity contribution >= 4 is 23.7 Å². The summed E-state index contributed by atoms with van der Waals surface area (Å²) in [7, 11) is 0. The van der Waals surface area contributed by atoms with Crippen LogP contribution in [0.15, 0.2) is 54.6 Å². The molecule has 0 amide bonds. The molecule has 0 radical (unpaired) electrons. The first-order valence-corrected chi connectivity index (χ1v) is 12.3. The molecule has 8 nitrogen and oxygen atoms in total. The van der Waals surface area contributed by atoms with Crippen LogP contribution in [0.2, 0.25) is 0 Å². The lowest BCUT2D eigenvalue weighted by Gasteiger charge is -2.34. The van der Waals surface area contributed by atoms with Crippen LogP contribution in [0, 0.1) is 0 Å². The molecule has 1 fully saturated rings. The van der Waals surface area contributed by atoms with Crippen LogP contribution in [0.4, 0.5) is 0 Å². The molecule has 0 aromatic heterocycles. The smallest absolute Gasteiger partial charge is 0.309 e. The van der Waals surface area contributed by atoms with Crippen molar-refractivity contribution in [3.05, 3.63) is 65.7 Å². The molecule has 34 heavy (non-hydrogen) atoms. The van der Waals surface area contributed by atoms with Gasteiger partial charge in [0, 0.05) is 11.7 Å². The first-order valence-electron chi connectivity index (χ1n) is 11.2. The Morgan fingerprint density at radius 3 is 2.32 bits per heavy atom. The van der Waals surface area contributed by atoms with E-state index in [4.69, 9.17) is 5.11 Å². The monoisotopic (exact) mass is 491 g/mol. The maximum atomic E-state index is 11.6. The molecule has 186 valence electrons. The first kappa shape index (κ1) is 27.7. The number of quaternary nitrogens is 1. The lowest BCUT2D eigenvalue weighted by molar-refractivity contribution is -0.696. The highest BCUT2D eigenvalue weighted by Crippen LogP contribution is 2.42. The highest BCUT2D eigenvalue weighted by Gasteiger charge is 2.40. The van der Waals surface area contributed by atoms with Gasteiger partial charge in [0.15, 0.2) is 0 Å². The van der Waals surface area contributed by atoms with Gasteiger partial charge >= 0.3 is 5.97 Å². The Balaban J connectivity index is 0.000000509. The van der Waals surface area contributed by atoms with Crippen molar-refractivity contribution in [2.24, 2.45) is 0 Å². The number of carbonyl (C=O) groups is 2. The lowest BCUT2D eigenvalue weighted by atomic mass is 9.85. The molecule has 4 atom stereocenters. The molecule has 9 heteroatoms. The van der Waals surface area contributed by atoms with Gasteiger partial charge in [-0.25, -0.2) is 0 Å². The third-order valence-electron chi connectivity index (χ3n) is 5.83. The molecule has 0 saturated carbocycles. The number of aliphatic hydroxyl groups is 2. The van der Waals surface area contributed by atoms with Gasteiger partial charge in [0.1, 0.15) is 23.5 Å². The number of nitrogens with two attached hydrogens (primary N) is 1. The van der Waals surface area contributed by atoms with E-state index in [1.165, 1.54) is 0 Å². The van der Waals surface area contributed by atoms with Gasteiger partial charge < -0.3 is 35.6 Å². The summed E-state index contributed by atoms with van der Waals surface area (Å²) in [6.07, 6.45) is 1.32. The Labute approximate surface area is 203 Å². The number of carboxylic acids is 2. The Morgan fingerprint density at radius 2 is 1.82 bits per heavy atom. The minimum atomic E-state index is -1.56. The number of benzene rings is 2. The fraction of sp³-hybridized carbons (Fsp3) is 0.440. The number of carbonyl (C=O) groups excluding carboxylic acids is 1. The Hall–Kier alpha value is -2.59. The van der Waals surface area contributed by atoms with E-state index in [0.717, 1.165) is 36.3 Å². The largest absolute Gasteiger partial charge is 0.550 e. The van der Waals surface area contributed by atoms with Crippen molar-refractivity contribution in [1.82, 2.24) is 0 Å². The summed E-state index contributed by atoms with van der Waals surface area (Å²) in [5.41, 5.74) is 0.952. The molecule has 1 aliphatic heterocycles.